The second kappa shape index (κ2) is 4.52. The standard InChI is InChI=1S/C11H13ClN2O/c1-11(2,15)7-14-10-4-3-8(6-13)5-9(10)12/h3-5,14-15H,7H2,1-2H3. The molecule has 15 heavy (non-hydrogen) atoms. The summed E-state index contributed by atoms with van der Waals surface area (Å²) in [5, 5.41) is 21.7. The molecule has 0 aliphatic carbocycles. The molecule has 80 valence electrons. The molecule has 0 saturated heterocycles. The quantitative estimate of drug-likeness (QED) is 0.829. The molecule has 1 rings (SSSR count). The lowest BCUT2D eigenvalue weighted by Crippen LogP contribution is -2.29. The van der Waals surface area contributed by atoms with Crippen LogP contribution in [0.3, 0.4) is 0 Å². The van der Waals surface area contributed by atoms with Gasteiger partial charge in [-0.15, -0.1) is 0 Å². The number of nitrogens with zero attached hydrogens (tertiary/aromatic N) is 1. The van der Waals surface area contributed by atoms with Crippen molar-refractivity contribution in [2.45, 2.75) is 19.4 Å². The summed E-state index contributed by atoms with van der Waals surface area (Å²) >= 11 is 5.94. The Morgan fingerprint density at radius 3 is 2.67 bits per heavy atom. The molecule has 0 bridgehead atoms. The third-order valence-corrected chi connectivity index (χ3v) is 2.12. The third kappa shape index (κ3) is 3.78. The van der Waals surface area contributed by atoms with Crippen molar-refractivity contribution in [3.8, 4) is 6.07 Å². The number of hydrogen-bond acceptors (Lipinski definition) is 3. The molecule has 0 radical (unpaired) electrons. The average Bonchev–Trinajstić information content (AvgIpc) is 2.14. The molecule has 1 aromatic carbocycles. The van der Waals surface area contributed by atoms with Crippen LogP contribution in [-0.2, 0) is 0 Å². The Morgan fingerprint density at radius 2 is 2.20 bits per heavy atom. The molecular formula is C11H13ClN2O. The number of hydrogen-bond donors (Lipinski definition) is 2. The van der Waals surface area contributed by atoms with Gasteiger partial charge in [-0.1, -0.05) is 11.6 Å². The second-order valence-corrected chi connectivity index (χ2v) is 4.38. The predicted molar refractivity (Wildman–Crippen MR) is 61.0 cm³/mol. The Labute approximate surface area is 94.3 Å². The van der Waals surface area contributed by atoms with Crippen LogP contribution >= 0.6 is 11.6 Å². The summed E-state index contributed by atoms with van der Waals surface area (Å²) in [4.78, 5) is 0. The van der Waals surface area contributed by atoms with Crippen LogP contribution in [0.4, 0.5) is 5.69 Å². The van der Waals surface area contributed by atoms with Crippen LogP contribution in [0, 0.1) is 11.3 Å². The van der Waals surface area contributed by atoms with Crippen molar-refractivity contribution in [1.82, 2.24) is 0 Å². The molecule has 0 aliphatic heterocycles. The highest BCUT2D eigenvalue weighted by atomic mass is 35.5. The fraction of sp³-hybridized carbons (Fsp3) is 0.364. The normalized spacial score (nSPS) is 10.9. The first-order valence-corrected chi connectivity index (χ1v) is 4.96. The van der Waals surface area contributed by atoms with E-state index in [4.69, 9.17) is 16.9 Å². The van der Waals surface area contributed by atoms with E-state index in [0.29, 0.717) is 17.1 Å². The topological polar surface area (TPSA) is 56.0 Å². The van der Waals surface area contributed by atoms with E-state index in [0.717, 1.165) is 5.69 Å². The summed E-state index contributed by atoms with van der Waals surface area (Å²) in [6, 6.07) is 7.01. The Bertz CT molecular complexity index is 391. The molecule has 0 unspecified atom stereocenters. The molecule has 0 fully saturated rings. The molecule has 0 aliphatic rings. The fourth-order valence-electron chi connectivity index (χ4n) is 1.04. The van der Waals surface area contributed by atoms with E-state index in [1.54, 1.807) is 32.0 Å². The van der Waals surface area contributed by atoms with Crippen molar-refractivity contribution in [2.24, 2.45) is 0 Å². The molecule has 0 amide bonds. The van der Waals surface area contributed by atoms with E-state index in [2.05, 4.69) is 5.32 Å². The number of rotatable bonds is 3. The Kier molecular flexibility index (Phi) is 3.57. The van der Waals surface area contributed by atoms with Gasteiger partial charge in [0.05, 0.1) is 27.9 Å². The van der Waals surface area contributed by atoms with Crippen molar-refractivity contribution in [3.63, 3.8) is 0 Å². The van der Waals surface area contributed by atoms with Crippen molar-refractivity contribution in [2.75, 3.05) is 11.9 Å². The Morgan fingerprint density at radius 1 is 1.53 bits per heavy atom. The number of halogens is 1. The minimum Gasteiger partial charge on any atom is -0.389 e. The lowest BCUT2D eigenvalue weighted by Gasteiger charge is -2.19. The molecule has 2 N–H and O–H groups in total. The SMILES string of the molecule is CC(C)(O)CNc1ccc(C#N)cc1Cl. The van der Waals surface area contributed by atoms with Crippen LogP contribution < -0.4 is 5.32 Å². The number of anilines is 1. The van der Waals surface area contributed by atoms with Gasteiger partial charge in [-0.2, -0.15) is 5.26 Å². The van der Waals surface area contributed by atoms with Crippen LogP contribution in [0.5, 0.6) is 0 Å². The van der Waals surface area contributed by atoms with Gasteiger partial charge in [-0.3, -0.25) is 0 Å². The summed E-state index contributed by atoms with van der Waals surface area (Å²) < 4.78 is 0. The number of aliphatic hydroxyl groups is 1. The molecule has 0 saturated carbocycles. The number of nitriles is 1. The maximum atomic E-state index is 9.51. The first kappa shape index (κ1) is 11.8. The van der Waals surface area contributed by atoms with Crippen LogP contribution in [0.2, 0.25) is 5.02 Å². The maximum Gasteiger partial charge on any atom is 0.0992 e. The molecule has 0 aromatic heterocycles. The van der Waals surface area contributed by atoms with Gasteiger partial charge >= 0.3 is 0 Å². The van der Waals surface area contributed by atoms with Gasteiger partial charge in [-0.05, 0) is 32.0 Å². The molecular weight excluding hydrogens is 212 g/mol. The predicted octanol–water partition coefficient (Wildman–Crippen LogP) is 2.39. The zero-order chi connectivity index (χ0) is 11.5. The van der Waals surface area contributed by atoms with Gasteiger partial charge in [0, 0.05) is 6.54 Å². The van der Waals surface area contributed by atoms with Gasteiger partial charge in [0.2, 0.25) is 0 Å². The monoisotopic (exact) mass is 224 g/mol. The molecule has 4 heteroatoms. The van der Waals surface area contributed by atoms with E-state index in [-0.39, 0.29) is 0 Å². The van der Waals surface area contributed by atoms with Crippen LogP contribution in [-0.4, -0.2) is 17.3 Å². The first-order valence-electron chi connectivity index (χ1n) is 4.58. The van der Waals surface area contributed by atoms with E-state index in [9.17, 15) is 5.11 Å². The van der Waals surface area contributed by atoms with Crippen molar-refractivity contribution >= 4 is 17.3 Å². The van der Waals surface area contributed by atoms with Crippen molar-refractivity contribution in [3.05, 3.63) is 28.8 Å². The van der Waals surface area contributed by atoms with E-state index in [1.807, 2.05) is 6.07 Å². The van der Waals surface area contributed by atoms with Crippen LogP contribution in [0.1, 0.15) is 19.4 Å². The fourth-order valence-corrected chi connectivity index (χ4v) is 1.29. The summed E-state index contributed by atoms with van der Waals surface area (Å²) in [7, 11) is 0. The first-order chi connectivity index (χ1) is 6.92. The van der Waals surface area contributed by atoms with Crippen molar-refractivity contribution in [1.29, 1.82) is 5.26 Å². The third-order valence-electron chi connectivity index (χ3n) is 1.81. The van der Waals surface area contributed by atoms with Gasteiger partial charge in [-0.25, -0.2) is 0 Å². The average molecular weight is 225 g/mol. The van der Waals surface area contributed by atoms with E-state index >= 15 is 0 Å². The number of benzene rings is 1. The van der Waals surface area contributed by atoms with Gasteiger partial charge in [0.15, 0.2) is 0 Å². The lowest BCUT2D eigenvalue weighted by atomic mass is 10.1. The highest BCUT2D eigenvalue weighted by Crippen LogP contribution is 2.23. The molecule has 0 heterocycles. The minimum atomic E-state index is -0.794. The van der Waals surface area contributed by atoms with E-state index in [1.165, 1.54) is 0 Å². The molecule has 0 atom stereocenters. The molecule has 0 spiro atoms. The smallest absolute Gasteiger partial charge is 0.0992 e. The zero-order valence-corrected chi connectivity index (χ0v) is 9.47. The van der Waals surface area contributed by atoms with Crippen LogP contribution in [0.25, 0.3) is 0 Å². The molecule has 3 nitrogen and oxygen atoms in total. The van der Waals surface area contributed by atoms with Crippen LogP contribution in [0.15, 0.2) is 18.2 Å². The number of nitrogens with one attached hydrogen (secondary N) is 1. The largest absolute Gasteiger partial charge is 0.389 e. The van der Waals surface area contributed by atoms with E-state index < -0.39 is 5.60 Å². The lowest BCUT2D eigenvalue weighted by molar-refractivity contribution is 0.0945. The van der Waals surface area contributed by atoms with Gasteiger partial charge in [0.1, 0.15) is 0 Å². The summed E-state index contributed by atoms with van der Waals surface area (Å²) in [6.07, 6.45) is 0. The highest BCUT2D eigenvalue weighted by Gasteiger charge is 2.12. The molecule has 1 aromatic rings. The summed E-state index contributed by atoms with van der Waals surface area (Å²) in [6.45, 7) is 3.81. The van der Waals surface area contributed by atoms with Gasteiger partial charge < -0.3 is 10.4 Å². The zero-order valence-electron chi connectivity index (χ0n) is 8.71. The minimum absolute atomic E-state index is 0.401. The Balaban J connectivity index is 2.76. The Hall–Kier alpha value is -1.24. The second-order valence-electron chi connectivity index (χ2n) is 3.97. The summed E-state index contributed by atoms with van der Waals surface area (Å²) in [5.41, 5.74) is 0.448. The van der Waals surface area contributed by atoms with Crippen molar-refractivity contribution < 1.29 is 5.11 Å². The van der Waals surface area contributed by atoms with Gasteiger partial charge in [0.25, 0.3) is 0 Å². The maximum absolute atomic E-state index is 9.51. The summed E-state index contributed by atoms with van der Waals surface area (Å²) in [5.74, 6) is 0. The highest BCUT2D eigenvalue weighted by molar-refractivity contribution is 6.33.